The minimum atomic E-state index is -0.787. The predicted octanol–water partition coefficient (Wildman–Crippen LogP) is 2.96. The number of carboxylic acids is 1. The molecule has 1 saturated carbocycles. The van der Waals surface area contributed by atoms with Crippen molar-refractivity contribution >= 4 is 22.6 Å². The molecular formula is C18H19NO3. The topological polar surface area (TPSA) is 66.4 Å². The van der Waals surface area contributed by atoms with Crippen molar-refractivity contribution in [2.45, 2.75) is 25.8 Å². The van der Waals surface area contributed by atoms with Gasteiger partial charge in [0, 0.05) is 12.5 Å². The zero-order chi connectivity index (χ0) is 15.5. The molecule has 0 heterocycles. The molecule has 0 radical (unpaired) electrons. The maximum absolute atomic E-state index is 12.1. The molecule has 1 fully saturated rings. The van der Waals surface area contributed by atoms with E-state index in [0.717, 1.165) is 10.9 Å². The highest BCUT2D eigenvalue weighted by atomic mass is 16.4. The van der Waals surface area contributed by atoms with E-state index < -0.39 is 5.97 Å². The summed E-state index contributed by atoms with van der Waals surface area (Å²) in [4.78, 5) is 23.1. The average Bonchev–Trinajstić information content (AvgIpc) is 3.03. The van der Waals surface area contributed by atoms with Crippen LogP contribution in [0.2, 0.25) is 0 Å². The van der Waals surface area contributed by atoms with Crippen LogP contribution in [0.5, 0.6) is 0 Å². The van der Waals surface area contributed by atoms with Gasteiger partial charge in [-0.05, 0) is 41.7 Å². The van der Waals surface area contributed by atoms with Crippen LogP contribution in [-0.2, 0) is 16.1 Å². The van der Waals surface area contributed by atoms with Gasteiger partial charge in [0.25, 0.3) is 0 Å². The number of nitrogens with one attached hydrogen (secondary N) is 1. The van der Waals surface area contributed by atoms with E-state index in [9.17, 15) is 9.59 Å². The lowest BCUT2D eigenvalue weighted by atomic mass is 10.0. The van der Waals surface area contributed by atoms with Crippen LogP contribution in [-0.4, -0.2) is 17.0 Å². The Morgan fingerprint density at radius 1 is 1.05 bits per heavy atom. The van der Waals surface area contributed by atoms with Gasteiger partial charge in [-0.15, -0.1) is 0 Å². The molecule has 114 valence electrons. The molecule has 4 heteroatoms. The third-order valence-electron chi connectivity index (χ3n) is 4.43. The summed E-state index contributed by atoms with van der Waals surface area (Å²) < 4.78 is 0. The van der Waals surface area contributed by atoms with Crippen LogP contribution in [0, 0.1) is 11.8 Å². The summed E-state index contributed by atoms with van der Waals surface area (Å²) in [6, 6.07) is 14.2. The lowest BCUT2D eigenvalue weighted by Crippen LogP contribution is -2.29. The summed E-state index contributed by atoms with van der Waals surface area (Å²) >= 11 is 0. The molecule has 0 unspecified atom stereocenters. The fourth-order valence-electron chi connectivity index (χ4n) is 3.13. The summed E-state index contributed by atoms with van der Waals surface area (Å²) in [6.07, 6.45) is 1.73. The maximum Gasteiger partial charge on any atom is 0.306 e. The second kappa shape index (κ2) is 6.18. The van der Waals surface area contributed by atoms with Gasteiger partial charge in [-0.2, -0.15) is 0 Å². The summed E-state index contributed by atoms with van der Waals surface area (Å²) in [5, 5.41) is 14.3. The smallest absolute Gasteiger partial charge is 0.306 e. The van der Waals surface area contributed by atoms with E-state index in [1.54, 1.807) is 0 Å². The van der Waals surface area contributed by atoms with Gasteiger partial charge in [0.1, 0.15) is 0 Å². The van der Waals surface area contributed by atoms with Crippen molar-refractivity contribution in [2.75, 3.05) is 0 Å². The number of carbonyl (C=O) groups excluding carboxylic acids is 1. The molecule has 0 spiro atoms. The Balaban J connectivity index is 1.59. The number of amides is 1. The Hall–Kier alpha value is -2.36. The standard InChI is InChI=1S/C18H19NO3/c20-17(15-7-8-16(10-15)18(21)22)19-11-12-5-6-13-3-1-2-4-14(13)9-12/h1-6,9,15-16H,7-8,10-11H2,(H,19,20)(H,21,22)/t15-,16+/m0/s1. The molecule has 22 heavy (non-hydrogen) atoms. The summed E-state index contributed by atoms with van der Waals surface area (Å²) in [6.45, 7) is 0.484. The molecule has 4 nitrogen and oxygen atoms in total. The van der Waals surface area contributed by atoms with Crippen molar-refractivity contribution < 1.29 is 14.7 Å². The first-order chi connectivity index (χ1) is 10.6. The van der Waals surface area contributed by atoms with E-state index in [4.69, 9.17) is 5.11 Å². The molecule has 0 aromatic heterocycles. The normalized spacial score (nSPS) is 20.9. The number of hydrogen-bond acceptors (Lipinski definition) is 2. The zero-order valence-corrected chi connectivity index (χ0v) is 12.3. The molecule has 2 aromatic rings. The first kappa shape index (κ1) is 14.6. The molecule has 0 bridgehead atoms. The number of hydrogen-bond donors (Lipinski definition) is 2. The average molecular weight is 297 g/mol. The highest BCUT2D eigenvalue weighted by molar-refractivity contribution is 5.83. The van der Waals surface area contributed by atoms with E-state index in [0.29, 0.717) is 25.8 Å². The van der Waals surface area contributed by atoms with Crippen LogP contribution < -0.4 is 5.32 Å². The lowest BCUT2D eigenvalue weighted by Gasteiger charge is -2.11. The van der Waals surface area contributed by atoms with Crippen LogP contribution in [0.1, 0.15) is 24.8 Å². The Bertz CT molecular complexity index is 710. The minimum Gasteiger partial charge on any atom is -0.481 e. The van der Waals surface area contributed by atoms with Gasteiger partial charge in [-0.1, -0.05) is 36.4 Å². The molecule has 0 aliphatic heterocycles. The SMILES string of the molecule is O=C(O)[C@@H]1CC[C@H](C(=O)NCc2ccc3ccccc3c2)C1. The van der Waals surface area contributed by atoms with Crippen molar-refractivity contribution in [3.63, 3.8) is 0 Å². The van der Waals surface area contributed by atoms with Crippen LogP contribution >= 0.6 is 0 Å². The molecule has 1 aliphatic rings. The van der Waals surface area contributed by atoms with Crippen molar-refractivity contribution in [3.8, 4) is 0 Å². The number of benzene rings is 2. The highest BCUT2D eigenvalue weighted by Crippen LogP contribution is 2.31. The Morgan fingerprint density at radius 2 is 1.77 bits per heavy atom. The van der Waals surface area contributed by atoms with Gasteiger partial charge in [0.05, 0.1) is 5.92 Å². The third-order valence-corrected chi connectivity index (χ3v) is 4.43. The van der Waals surface area contributed by atoms with Crippen molar-refractivity contribution in [1.29, 1.82) is 0 Å². The molecular weight excluding hydrogens is 278 g/mol. The second-order valence-corrected chi connectivity index (χ2v) is 5.94. The number of fused-ring (bicyclic) bond motifs is 1. The van der Waals surface area contributed by atoms with Crippen LogP contribution in [0.15, 0.2) is 42.5 Å². The largest absolute Gasteiger partial charge is 0.481 e. The molecule has 1 amide bonds. The predicted molar refractivity (Wildman–Crippen MR) is 84.3 cm³/mol. The summed E-state index contributed by atoms with van der Waals surface area (Å²) in [5.74, 6) is -1.35. The Morgan fingerprint density at radius 3 is 2.50 bits per heavy atom. The van der Waals surface area contributed by atoms with Gasteiger partial charge in [-0.3, -0.25) is 9.59 Å². The molecule has 2 aromatic carbocycles. The van der Waals surface area contributed by atoms with Crippen molar-refractivity contribution in [1.82, 2.24) is 5.32 Å². The molecule has 3 rings (SSSR count). The van der Waals surface area contributed by atoms with Crippen LogP contribution in [0.25, 0.3) is 10.8 Å². The number of carboxylic acid groups (broad SMARTS) is 1. The first-order valence-electron chi connectivity index (χ1n) is 7.61. The third kappa shape index (κ3) is 3.11. The fourth-order valence-corrected chi connectivity index (χ4v) is 3.13. The fraction of sp³-hybridized carbons (Fsp3) is 0.333. The minimum absolute atomic E-state index is 0.0306. The summed E-state index contributed by atoms with van der Waals surface area (Å²) in [5.41, 5.74) is 1.06. The highest BCUT2D eigenvalue weighted by Gasteiger charge is 2.33. The van der Waals surface area contributed by atoms with Crippen molar-refractivity contribution in [3.05, 3.63) is 48.0 Å². The van der Waals surface area contributed by atoms with Crippen LogP contribution in [0.4, 0.5) is 0 Å². The zero-order valence-electron chi connectivity index (χ0n) is 12.3. The van der Waals surface area contributed by atoms with E-state index in [-0.39, 0.29) is 17.7 Å². The van der Waals surface area contributed by atoms with Gasteiger partial charge in [0.2, 0.25) is 5.91 Å². The van der Waals surface area contributed by atoms with Gasteiger partial charge in [-0.25, -0.2) is 0 Å². The second-order valence-electron chi connectivity index (χ2n) is 5.94. The molecule has 0 saturated heterocycles. The van der Waals surface area contributed by atoms with Gasteiger partial charge >= 0.3 is 5.97 Å². The van der Waals surface area contributed by atoms with Crippen molar-refractivity contribution in [2.24, 2.45) is 11.8 Å². The van der Waals surface area contributed by atoms with E-state index in [1.165, 1.54) is 5.39 Å². The van der Waals surface area contributed by atoms with Gasteiger partial charge < -0.3 is 10.4 Å². The molecule has 2 atom stereocenters. The maximum atomic E-state index is 12.1. The van der Waals surface area contributed by atoms with E-state index in [1.807, 2.05) is 24.3 Å². The monoisotopic (exact) mass is 297 g/mol. The Labute approximate surface area is 129 Å². The number of aliphatic carboxylic acids is 1. The summed E-state index contributed by atoms with van der Waals surface area (Å²) in [7, 11) is 0. The molecule has 1 aliphatic carbocycles. The molecule has 2 N–H and O–H groups in total. The van der Waals surface area contributed by atoms with E-state index >= 15 is 0 Å². The lowest BCUT2D eigenvalue weighted by molar-refractivity contribution is -0.141. The van der Waals surface area contributed by atoms with Crippen LogP contribution in [0.3, 0.4) is 0 Å². The van der Waals surface area contributed by atoms with Gasteiger partial charge in [0.15, 0.2) is 0 Å². The number of rotatable bonds is 4. The van der Waals surface area contributed by atoms with E-state index in [2.05, 4.69) is 23.5 Å². The first-order valence-corrected chi connectivity index (χ1v) is 7.61. The Kier molecular flexibility index (Phi) is 4.09. The quantitative estimate of drug-likeness (QED) is 0.911. The number of carbonyl (C=O) groups is 2.